The number of thiophene rings is 1. The lowest BCUT2D eigenvalue weighted by molar-refractivity contribution is -0.121. The summed E-state index contributed by atoms with van der Waals surface area (Å²) in [5.41, 5.74) is 2.23. The third kappa shape index (κ3) is 3.89. The van der Waals surface area contributed by atoms with Gasteiger partial charge in [-0.3, -0.25) is 4.79 Å². The summed E-state index contributed by atoms with van der Waals surface area (Å²) in [6.07, 6.45) is 1.09. The second-order valence-electron chi connectivity index (χ2n) is 7.61. The van der Waals surface area contributed by atoms with E-state index in [0.717, 1.165) is 21.6 Å². The zero-order valence-electron chi connectivity index (χ0n) is 16.8. The van der Waals surface area contributed by atoms with Gasteiger partial charge in [0.05, 0.1) is 14.6 Å². The highest BCUT2D eigenvalue weighted by Crippen LogP contribution is 2.32. The number of thiazole rings is 1. The van der Waals surface area contributed by atoms with Gasteiger partial charge >= 0.3 is 0 Å². The fraction of sp³-hybridized carbons (Fsp3) is 0.400. The van der Waals surface area contributed by atoms with Crippen molar-refractivity contribution in [3.63, 3.8) is 0 Å². The summed E-state index contributed by atoms with van der Waals surface area (Å²) in [4.78, 5) is 17.9. The molecule has 0 saturated carbocycles. The van der Waals surface area contributed by atoms with E-state index < -0.39 is 22.0 Å². The zero-order valence-corrected chi connectivity index (χ0v) is 20.0. The molecule has 0 aliphatic carbocycles. The minimum absolute atomic E-state index is 0.154. The van der Waals surface area contributed by atoms with Gasteiger partial charge < -0.3 is 4.57 Å². The van der Waals surface area contributed by atoms with Gasteiger partial charge in [-0.25, -0.2) is 8.42 Å². The van der Waals surface area contributed by atoms with E-state index in [2.05, 4.69) is 31.0 Å². The lowest BCUT2D eigenvalue weighted by Crippen LogP contribution is -2.40. The number of rotatable bonds is 4. The fourth-order valence-electron chi connectivity index (χ4n) is 3.61. The molecule has 10 heteroatoms. The molecule has 2 aromatic heterocycles. The van der Waals surface area contributed by atoms with E-state index in [1.54, 1.807) is 6.07 Å². The number of sulfonamides is 1. The molecule has 0 N–H and O–H groups in total. The highest BCUT2D eigenvalue weighted by molar-refractivity contribution is 7.91. The van der Waals surface area contributed by atoms with Crippen LogP contribution >= 0.6 is 34.3 Å². The smallest absolute Gasteiger partial charge is 0.266 e. The van der Waals surface area contributed by atoms with Crippen LogP contribution in [0.5, 0.6) is 0 Å². The summed E-state index contributed by atoms with van der Waals surface area (Å²) in [5, 5.41) is 0. The van der Waals surface area contributed by atoms with E-state index >= 15 is 0 Å². The van der Waals surface area contributed by atoms with E-state index in [1.165, 1.54) is 27.3 Å². The molecule has 0 radical (unpaired) electrons. The Morgan fingerprint density at radius 3 is 2.67 bits per heavy atom. The predicted molar refractivity (Wildman–Crippen MR) is 122 cm³/mol. The van der Waals surface area contributed by atoms with Crippen LogP contribution in [0.1, 0.15) is 38.2 Å². The SMILES string of the molecule is CC(C)c1ccc2c(c1)sc(=NC(=O)C1CCCN1S(=O)(=O)c1ccc(Cl)s1)n2C. The standard InChI is InChI=1S/C20H22ClN3O3S3/c1-12(2)13-6-7-14-16(11-13)28-20(23(14)3)22-19(25)15-5-4-10-24(15)30(26,27)18-9-8-17(21)29-18/h6-9,11-12,15H,4-5,10H2,1-3H3. The van der Waals surface area contributed by atoms with E-state index in [-0.39, 0.29) is 4.21 Å². The van der Waals surface area contributed by atoms with E-state index in [1.807, 2.05) is 17.7 Å². The molecule has 0 spiro atoms. The Morgan fingerprint density at radius 2 is 2.00 bits per heavy atom. The maximum absolute atomic E-state index is 13.0. The number of benzene rings is 1. The molecule has 160 valence electrons. The topological polar surface area (TPSA) is 71.7 Å². The van der Waals surface area contributed by atoms with Gasteiger partial charge in [-0.15, -0.1) is 11.3 Å². The zero-order chi connectivity index (χ0) is 21.6. The first-order chi connectivity index (χ1) is 14.2. The van der Waals surface area contributed by atoms with E-state index in [9.17, 15) is 13.2 Å². The van der Waals surface area contributed by atoms with Crippen LogP contribution in [-0.4, -0.2) is 35.8 Å². The molecule has 4 rings (SSSR count). The van der Waals surface area contributed by atoms with Crippen LogP contribution in [0.2, 0.25) is 4.34 Å². The van der Waals surface area contributed by atoms with Crippen LogP contribution in [0.15, 0.2) is 39.5 Å². The Morgan fingerprint density at radius 1 is 1.23 bits per heavy atom. The first-order valence-electron chi connectivity index (χ1n) is 9.63. The summed E-state index contributed by atoms with van der Waals surface area (Å²) >= 11 is 8.36. The second-order valence-corrected chi connectivity index (χ2v) is 12.4. The maximum atomic E-state index is 13.0. The number of nitrogens with zero attached hydrogens (tertiary/aromatic N) is 3. The van der Waals surface area contributed by atoms with Crippen LogP contribution in [0, 0.1) is 0 Å². The Bertz CT molecular complexity index is 1290. The molecule has 1 unspecified atom stereocenters. The monoisotopic (exact) mass is 483 g/mol. The van der Waals surface area contributed by atoms with E-state index in [4.69, 9.17) is 11.6 Å². The summed E-state index contributed by atoms with van der Waals surface area (Å²) in [6, 6.07) is 8.50. The maximum Gasteiger partial charge on any atom is 0.266 e. The number of hydrogen-bond donors (Lipinski definition) is 0. The van der Waals surface area contributed by atoms with Crippen LogP contribution in [-0.2, 0) is 21.9 Å². The second kappa shape index (κ2) is 8.20. The molecule has 1 aromatic carbocycles. The van der Waals surface area contributed by atoms with Crippen molar-refractivity contribution in [2.45, 2.75) is 42.9 Å². The average molecular weight is 484 g/mol. The van der Waals surface area contributed by atoms with Crippen LogP contribution in [0.4, 0.5) is 0 Å². The Hall–Kier alpha value is -1.52. The average Bonchev–Trinajstić information content (AvgIpc) is 3.41. The summed E-state index contributed by atoms with van der Waals surface area (Å²) in [6.45, 7) is 4.58. The minimum Gasteiger partial charge on any atom is -0.319 e. The van der Waals surface area contributed by atoms with Crippen molar-refractivity contribution in [3.05, 3.63) is 45.0 Å². The Balaban J connectivity index is 1.69. The molecule has 1 fully saturated rings. The predicted octanol–water partition coefficient (Wildman–Crippen LogP) is 4.36. The van der Waals surface area contributed by atoms with Crippen molar-refractivity contribution in [1.29, 1.82) is 0 Å². The Kier molecular flexibility index (Phi) is 5.93. The molecule has 1 amide bonds. The van der Waals surface area contributed by atoms with Crippen LogP contribution in [0.25, 0.3) is 10.2 Å². The summed E-state index contributed by atoms with van der Waals surface area (Å²) in [7, 11) is -1.90. The number of aromatic nitrogens is 1. The third-order valence-corrected chi connectivity index (χ3v) is 10.0. The van der Waals surface area contributed by atoms with Crippen molar-refractivity contribution < 1.29 is 13.2 Å². The quantitative estimate of drug-likeness (QED) is 0.553. The van der Waals surface area contributed by atoms with Crippen LogP contribution in [0.3, 0.4) is 0 Å². The molecule has 1 saturated heterocycles. The van der Waals surface area contributed by atoms with Gasteiger partial charge in [0.15, 0.2) is 4.80 Å². The number of aryl methyl sites for hydroxylation is 1. The minimum atomic E-state index is -3.77. The molecule has 3 heterocycles. The lowest BCUT2D eigenvalue weighted by atomic mass is 10.0. The third-order valence-electron chi connectivity index (χ3n) is 5.31. The van der Waals surface area contributed by atoms with Crippen molar-refractivity contribution in [2.75, 3.05) is 6.54 Å². The summed E-state index contributed by atoms with van der Waals surface area (Å²) < 4.78 is 30.8. The summed E-state index contributed by atoms with van der Waals surface area (Å²) in [5.74, 6) is -0.0168. The molecule has 1 aliphatic rings. The number of carbonyl (C=O) groups is 1. The number of fused-ring (bicyclic) bond motifs is 1. The normalized spacial score (nSPS) is 18.7. The van der Waals surface area contributed by atoms with Gasteiger partial charge in [0.2, 0.25) is 0 Å². The van der Waals surface area contributed by atoms with Gasteiger partial charge in [0, 0.05) is 13.6 Å². The molecular weight excluding hydrogens is 462 g/mol. The fourth-order valence-corrected chi connectivity index (χ4v) is 7.95. The highest BCUT2D eigenvalue weighted by atomic mass is 35.5. The Labute approximate surface area is 188 Å². The van der Waals surface area contributed by atoms with Crippen molar-refractivity contribution in [2.24, 2.45) is 12.0 Å². The molecule has 3 aromatic rings. The molecule has 0 bridgehead atoms. The molecular formula is C20H22ClN3O3S3. The molecule has 30 heavy (non-hydrogen) atoms. The lowest BCUT2D eigenvalue weighted by Gasteiger charge is -2.20. The largest absolute Gasteiger partial charge is 0.319 e. The first-order valence-corrected chi connectivity index (χ1v) is 13.1. The van der Waals surface area contributed by atoms with Gasteiger partial charge in [-0.1, -0.05) is 42.9 Å². The number of amides is 1. The number of halogens is 1. The van der Waals surface area contributed by atoms with Gasteiger partial charge in [0.25, 0.3) is 15.9 Å². The van der Waals surface area contributed by atoms with Gasteiger partial charge in [-0.05, 0) is 48.6 Å². The van der Waals surface area contributed by atoms with Gasteiger partial charge in [-0.2, -0.15) is 9.30 Å². The molecule has 1 aliphatic heterocycles. The van der Waals surface area contributed by atoms with Crippen molar-refractivity contribution in [1.82, 2.24) is 8.87 Å². The van der Waals surface area contributed by atoms with E-state index in [0.29, 0.717) is 34.4 Å². The molecule has 1 atom stereocenters. The van der Waals surface area contributed by atoms with Crippen molar-refractivity contribution >= 4 is 60.4 Å². The van der Waals surface area contributed by atoms with Crippen molar-refractivity contribution in [3.8, 4) is 0 Å². The first kappa shape index (κ1) is 21.7. The molecule has 6 nitrogen and oxygen atoms in total. The van der Waals surface area contributed by atoms with Gasteiger partial charge in [0.1, 0.15) is 10.3 Å². The highest BCUT2D eigenvalue weighted by Gasteiger charge is 2.40. The van der Waals surface area contributed by atoms with Crippen LogP contribution < -0.4 is 4.80 Å². The number of hydrogen-bond acceptors (Lipinski definition) is 5. The number of carbonyl (C=O) groups excluding carboxylic acids is 1.